The first-order valence-corrected chi connectivity index (χ1v) is 9.14. The minimum absolute atomic E-state index is 0.111. The molecule has 2 rings (SSSR count). The summed E-state index contributed by atoms with van der Waals surface area (Å²) in [7, 11) is 0. The molecule has 0 saturated carbocycles. The predicted octanol–water partition coefficient (Wildman–Crippen LogP) is 3.82. The van der Waals surface area contributed by atoms with Crippen LogP contribution in [0, 0.1) is 12.8 Å². The van der Waals surface area contributed by atoms with E-state index in [1.165, 1.54) is 0 Å². The van der Waals surface area contributed by atoms with Crippen molar-refractivity contribution in [2.24, 2.45) is 5.92 Å². The molecule has 2 aromatic carbocycles. The summed E-state index contributed by atoms with van der Waals surface area (Å²) in [6.07, 6.45) is 0.806. The van der Waals surface area contributed by atoms with Crippen LogP contribution in [0.5, 0.6) is 5.75 Å². The molecule has 0 saturated heterocycles. The van der Waals surface area contributed by atoms with E-state index in [-0.39, 0.29) is 25.2 Å². The van der Waals surface area contributed by atoms with Crippen LogP contribution in [-0.4, -0.2) is 25.1 Å². The van der Waals surface area contributed by atoms with Gasteiger partial charge < -0.3 is 14.8 Å². The van der Waals surface area contributed by atoms with Crippen LogP contribution in [0.3, 0.4) is 0 Å². The van der Waals surface area contributed by atoms with E-state index in [0.29, 0.717) is 11.7 Å². The van der Waals surface area contributed by atoms with Crippen LogP contribution in [0.15, 0.2) is 54.6 Å². The summed E-state index contributed by atoms with van der Waals surface area (Å²) >= 11 is 0. The van der Waals surface area contributed by atoms with Crippen LogP contribution in [0.2, 0.25) is 0 Å². The van der Waals surface area contributed by atoms with Crippen LogP contribution >= 0.6 is 0 Å². The lowest BCUT2D eigenvalue weighted by molar-refractivity contribution is -0.150. The summed E-state index contributed by atoms with van der Waals surface area (Å²) in [5.41, 5.74) is 1.97. The van der Waals surface area contributed by atoms with Gasteiger partial charge in [0.2, 0.25) is 0 Å². The van der Waals surface area contributed by atoms with E-state index in [2.05, 4.69) is 19.2 Å². The van der Waals surface area contributed by atoms with Gasteiger partial charge in [0.05, 0.1) is 6.04 Å². The summed E-state index contributed by atoms with van der Waals surface area (Å²) < 4.78 is 10.5. The first-order valence-electron chi connectivity index (χ1n) is 9.14. The van der Waals surface area contributed by atoms with Crippen molar-refractivity contribution in [1.29, 1.82) is 0 Å². The Labute approximate surface area is 160 Å². The van der Waals surface area contributed by atoms with Gasteiger partial charge in [-0.2, -0.15) is 0 Å². The van der Waals surface area contributed by atoms with E-state index in [1.807, 2.05) is 55.5 Å². The van der Waals surface area contributed by atoms with Crippen LogP contribution < -0.4 is 10.1 Å². The molecule has 0 bridgehead atoms. The van der Waals surface area contributed by atoms with Gasteiger partial charge in [0.1, 0.15) is 5.75 Å². The van der Waals surface area contributed by atoms with E-state index in [1.54, 1.807) is 6.07 Å². The molecule has 1 amide bonds. The van der Waals surface area contributed by atoms with Crippen molar-refractivity contribution in [1.82, 2.24) is 5.32 Å². The van der Waals surface area contributed by atoms with Gasteiger partial charge in [-0.3, -0.25) is 4.79 Å². The van der Waals surface area contributed by atoms with Crippen LogP contribution in [-0.2, 0) is 14.3 Å². The van der Waals surface area contributed by atoms with Crippen molar-refractivity contribution in [3.8, 4) is 5.75 Å². The number of ether oxygens (including phenoxy) is 2. The number of rotatable bonds is 9. The number of esters is 1. The fraction of sp³-hybridized carbons (Fsp3) is 0.364. The Hall–Kier alpha value is -2.82. The fourth-order valence-electron chi connectivity index (χ4n) is 2.71. The first-order chi connectivity index (χ1) is 13.0. The topological polar surface area (TPSA) is 64.6 Å². The Morgan fingerprint density at radius 3 is 2.30 bits per heavy atom. The maximum atomic E-state index is 12.2. The SMILES string of the molecule is Cc1ccccc1OCC(=O)OCC(=O)NC(CC(C)C)c1ccccc1. The van der Waals surface area contributed by atoms with E-state index in [0.717, 1.165) is 17.5 Å². The zero-order chi connectivity index (χ0) is 19.6. The smallest absolute Gasteiger partial charge is 0.344 e. The molecule has 1 atom stereocenters. The number of hydrogen-bond donors (Lipinski definition) is 1. The molecule has 1 N–H and O–H groups in total. The van der Waals surface area contributed by atoms with Gasteiger partial charge >= 0.3 is 5.97 Å². The highest BCUT2D eigenvalue weighted by Gasteiger charge is 2.17. The van der Waals surface area contributed by atoms with E-state index < -0.39 is 5.97 Å². The average Bonchev–Trinajstić information content (AvgIpc) is 2.65. The molecule has 0 radical (unpaired) electrons. The second-order valence-corrected chi connectivity index (χ2v) is 6.88. The monoisotopic (exact) mass is 369 g/mol. The Morgan fingerprint density at radius 2 is 1.63 bits per heavy atom. The maximum absolute atomic E-state index is 12.2. The molecule has 0 heterocycles. The molecular formula is C22H27NO4. The average molecular weight is 369 g/mol. The summed E-state index contributed by atoms with van der Waals surface area (Å²) in [4.78, 5) is 24.1. The summed E-state index contributed by atoms with van der Waals surface area (Å²) in [5.74, 6) is 0.141. The van der Waals surface area contributed by atoms with Crippen molar-refractivity contribution in [2.45, 2.75) is 33.2 Å². The van der Waals surface area contributed by atoms with Crippen LogP contribution in [0.25, 0.3) is 0 Å². The molecule has 27 heavy (non-hydrogen) atoms. The third-order valence-corrected chi connectivity index (χ3v) is 4.05. The number of carbonyl (C=O) groups is 2. The maximum Gasteiger partial charge on any atom is 0.344 e. The lowest BCUT2D eigenvalue weighted by atomic mass is 9.97. The van der Waals surface area contributed by atoms with Gasteiger partial charge in [0.25, 0.3) is 5.91 Å². The lowest BCUT2D eigenvalue weighted by Crippen LogP contribution is -2.33. The number of amides is 1. The highest BCUT2D eigenvalue weighted by Crippen LogP contribution is 2.21. The molecule has 0 spiro atoms. The van der Waals surface area contributed by atoms with Crippen molar-refractivity contribution in [3.63, 3.8) is 0 Å². The summed E-state index contributed by atoms with van der Waals surface area (Å²) in [6.45, 7) is 5.55. The first kappa shape index (κ1) is 20.5. The molecule has 144 valence electrons. The van der Waals surface area contributed by atoms with Crippen molar-refractivity contribution in [3.05, 3.63) is 65.7 Å². The number of hydrogen-bond acceptors (Lipinski definition) is 4. The minimum Gasteiger partial charge on any atom is -0.482 e. The number of aryl methyl sites for hydroxylation is 1. The Morgan fingerprint density at radius 1 is 0.963 bits per heavy atom. The third-order valence-electron chi connectivity index (χ3n) is 4.05. The molecule has 5 nitrogen and oxygen atoms in total. The normalized spacial score (nSPS) is 11.7. The number of para-hydroxylation sites is 1. The quantitative estimate of drug-likeness (QED) is 0.683. The van der Waals surface area contributed by atoms with E-state index in [4.69, 9.17) is 9.47 Å². The summed E-state index contributed by atoms with van der Waals surface area (Å²) in [5, 5.41) is 2.95. The Balaban J connectivity index is 1.81. The highest BCUT2D eigenvalue weighted by atomic mass is 16.6. The van der Waals surface area contributed by atoms with Gasteiger partial charge in [-0.05, 0) is 36.5 Å². The zero-order valence-corrected chi connectivity index (χ0v) is 16.1. The fourth-order valence-corrected chi connectivity index (χ4v) is 2.71. The molecule has 0 aliphatic heterocycles. The largest absolute Gasteiger partial charge is 0.482 e. The number of benzene rings is 2. The molecule has 2 aromatic rings. The van der Waals surface area contributed by atoms with Gasteiger partial charge in [-0.25, -0.2) is 4.79 Å². The van der Waals surface area contributed by atoms with Gasteiger partial charge in [-0.1, -0.05) is 62.4 Å². The van der Waals surface area contributed by atoms with Gasteiger partial charge in [0, 0.05) is 0 Å². The predicted molar refractivity (Wildman–Crippen MR) is 104 cm³/mol. The van der Waals surface area contributed by atoms with Crippen molar-refractivity contribution in [2.75, 3.05) is 13.2 Å². The van der Waals surface area contributed by atoms with Gasteiger partial charge in [-0.15, -0.1) is 0 Å². The molecule has 0 fully saturated rings. The number of carbonyl (C=O) groups excluding carboxylic acids is 2. The molecule has 1 unspecified atom stereocenters. The Bertz CT molecular complexity index is 743. The molecular weight excluding hydrogens is 342 g/mol. The van der Waals surface area contributed by atoms with E-state index in [9.17, 15) is 9.59 Å². The third kappa shape index (κ3) is 7.13. The standard InChI is InChI=1S/C22H27NO4/c1-16(2)13-19(18-10-5-4-6-11-18)23-21(24)14-27-22(25)15-26-20-12-8-7-9-17(20)3/h4-12,16,19H,13-15H2,1-3H3,(H,23,24). The van der Waals surface area contributed by atoms with Gasteiger partial charge in [0.15, 0.2) is 13.2 Å². The molecule has 5 heteroatoms. The second kappa shape index (κ2) is 10.4. The minimum atomic E-state index is -0.575. The lowest BCUT2D eigenvalue weighted by Gasteiger charge is -2.21. The zero-order valence-electron chi connectivity index (χ0n) is 16.1. The summed E-state index contributed by atoms with van der Waals surface area (Å²) in [6, 6.07) is 17.1. The highest BCUT2D eigenvalue weighted by molar-refractivity contribution is 5.81. The molecule has 0 aliphatic carbocycles. The second-order valence-electron chi connectivity index (χ2n) is 6.88. The van der Waals surface area contributed by atoms with E-state index >= 15 is 0 Å². The Kier molecular flexibility index (Phi) is 7.86. The molecule has 0 aromatic heterocycles. The van der Waals surface area contributed by atoms with Crippen LogP contribution in [0.4, 0.5) is 0 Å². The van der Waals surface area contributed by atoms with Crippen molar-refractivity contribution < 1.29 is 19.1 Å². The number of nitrogens with one attached hydrogen (secondary N) is 1. The van der Waals surface area contributed by atoms with Crippen LogP contribution in [0.1, 0.15) is 37.4 Å². The molecule has 0 aliphatic rings. The van der Waals surface area contributed by atoms with Crippen molar-refractivity contribution >= 4 is 11.9 Å².